The van der Waals surface area contributed by atoms with Crippen LogP contribution in [0.1, 0.15) is 65.2 Å². The smallest absolute Gasteiger partial charge is 0.310 e. The summed E-state index contributed by atoms with van der Waals surface area (Å²) in [7, 11) is 0. The number of fused-ring (bicyclic) bond motifs is 6. The highest BCUT2D eigenvalue weighted by molar-refractivity contribution is 5.83. The molecule has 1 heterocycles. The van der Waals surface area contributed by atoms with Gasteiger partial charge in [-0.2, -0.15) is 0 Å². The second kappa shape index (κ2) is 5.93. The van der Waals surface area contributed by atoms with Gasteiger partial charge < -0.3 is 14.9 Å². The largest absolute Gasteiger partial charge is 0.481 e. The predicted octanol–water partition coefficient (Wildman–Crippen LogP) is 2.88. The Bertz CT molecular complexity index is 831. The Kier molecular flexibility index (Phi) is 3.94. The number of ketones is 1. The van der Waals surface area contributed by atoms with Crippen molar-refractivity contribution >= 4 is 17.7 Å². The van der Waals surface area contributed by atoms with Gasteiger partial charge in [-0.15, -0.1) is 0 Å². The van der Waals surface area contributed by atoms with E-state index in [1.54, 1.807) is 0 Å². The molecule has 1 spiro atoms. The summed E-state index contributed by atoms with van der Waals surface area (Å²) in [6, 6.07) is 0. The molecule has 0 aromatic heterocycles. The Morgan fingerprint density at radius 3 is 2.59 bits per heavy atom. The van der Waals surface area contributed by atoms with Gasteiger partial charge in [-0.25, -0.2) is 0 Å². The SMILES string of the molecule is C[C@]12CCC(=O)CC1=C[C@@H](C(=O)O)C1C2[C@H](O)C[C@@]2(C)C1CC[C@@]21CCC(=O)O1. The molecule has 4 aliphatic carbocycles. The number of esters is 1. The molecule has 8 atom stereocenters. The summed E-state index contributed by atoms with van der Waals surface area (Å²) in [5.74, 6) is -1.92. The van der Waals surface area contributed by atoms with Crippen molar-refractivity contribution < 1.29 is 29.3 Å². The zero-order chi connectivity index (χ0) is 20.8. The summed E-state index contributed by atoms with van der Waals surface area (Å²) in [4.78, 5) is 36.5. The van der Waals surface area contributed by atoms with Crippen LogP contribution in [-0.4, -0.2) is 39.6 Å². The highest BCUT2D eigenvalue weighted by Gasteiger charge is 2.70. The van der Waals surface area contributed by atoms with Crippen molar-refractivity contribution in [3.63, 3.8) is 0 Å². The lowest BCUT2D eigenvalue weighted by Crippen LogP contribution is -2.61. The molecule has 4 fully saturated rings. The van der Waals surface area contributed by atoms with Crippen molar-refractivity contribution in [2.24, 2.45) is 34.5 Å². The van der Waals surface area contributed by atoms with Gasteiger partial charge in [0.25, 0.3) is 0 Å². The van der Waals surface area contributed by atoms with Gasteiger partial charge in [0.15, 0.2) is 0 Å². The third-order valence-corrected chi connectivity index (χ3v) is 9.55. The fourth-order valence-electron chi connectivity index (χ4n) is 8.13. The number of Topliss-reactive ketones (excluding diaryl/α,β-unsaturated/α-hetero) is 1. The average molecular weight is 402 g/mol. The maximum Gasteiger partial charge on any atom is 0.310 e. The number of aliphatic hydroxyl groups excluding tert-OH is 1. The molecule has 0 bridgehead atoms. The summed E-state index contributed by atoms with van der Waals surface area (Å²) >= 11 is 0. The fourth-order valence-corrected chi connectivity index (χ4v) is 8.13. The minimum atomic E-state index is -0.881. The Labute approximate surface area is 170 Å². The summed E-state index contributed by atoms with van der Waals surface area (Å²) in [6.07, 6.45) is 5.79. The van der Waals surface area contributed by atoms with Crippen molar-refractivity contribution in [1.29, 1.82) is 0 Å². The zero-order valence-corrected chi connectivity index (χ0v) is 17.1. The Morgan fingerprint density at radius 1 is 1.17 bits per heavy atom. The number of hydrogen-bond donors (Lipinski definition) is 2. The lowest BCUT2D eigenvalue weighted by Gasteiger charge is -2.61. The number of aliphatic carboxylic acids is 1. The van der Waals surface area contributed by atoms with Crippen molar-refractivity contribution in [2.75, 3.05) is 0 Å². The first-order valence-corrected chi connectivity index (χ1v) is 11.0. The topological polar surface area (TPSA) is 101 Å². The number of rotatable bonds is 1. The number of allylic oxidation sites excluding steroid dienone is 1. The molecule has 158 valence electrons. The molecule has 5 rings (SSSR count). The van der Waals surface area contributed by atoms with E-state index in [9.17, 15) is 24.6 Å². The van der Waals surface area contributed by atoms with E-state index in [0.717, 1.165) is 18.4 Å². The van der Waals surface area contributed by atoms with Crippen LogP contribution in [-0.2, 0) is 19.1 Å². The lowest BCUT2D eigenvalue weighted by atomic mass is 9.44. The van der Waals surface area contributed by atoms with E-state index in [0.29, 0.717) is 38.5 Å². The lowest BCUT2D eigenvalue weighted by molar-refractivity contribution is -0.191. The number of ether oxygens (including phenoxy) is 1. The minimum Gasteiger partial charge on any atom is -0.481 e. The van der Waals surface area contributed by atoms with Crippen LogP contribution in [0.4, 0.5) is 0 Å². The molecule has 1 saturated heterocycles. The maximum atomic E-state index is 12.3. The van der Waals surface area contributed by atoms with Crippen LogP contribution in [0.25, 0.3) is 0 Å². The van der Waals surface area contributed by atoms with Crippen molar-refractivity contribution in [2.45, 2.75) is 76.9 Å². The Balaban J connectivity index is 1.63. The minimum absolute atomic E-state index is 0.0788. The van der Waals surface area contributed by atoms with Gasteiger partial charge in [0.2, 0.25) is 0 Å². The van der Waals surface area contributed by atoms with Gasteiger partial charge in [-0.3, -0.25) is 14.4 Å². The maximum absolute atomic E-state index is 12.3. The average Bonchev–Trinajstić information content (AvgIpc) is 3.15. The quantitative estimate of drug-likeness (QED) is 0.517. The molecule has 0 aromatic carbocycles. The first-order chi connectivity index (χ1) is 13.6. The molecule has 1 aliphatic heterocycles. The van der Waals surface area contributed by atoms with Crippen LogP contribution in [0.3, 0.4) is 0 Å². The number of aliphatic hydroxyl groups is 1. The van der Waals surface area contributed by atoms with Gasteiger partial charge in [-0.1, -0.05) is 25.5 Å². The normalized spacial score (nSPS) is 51.1. The van der Waals surface area contributed by atoms with E-state index in [1.165, 1.54) is 0 Å². The van der Waals surface area contributed by atoms with Gasteiger partial charge in [-0.05, 0) is 55.3 Å². The molecule has 3 saturated carbocycles. The van der Waals surface area contributed by atoms with Gasteiger partial charge >= 0.3 is 11.9 Å². The summed E-state index contributed by atoms with van der Waals surface area (Å²) in [5.41, 5.74) is -0.422. The van der Waals surface area contributed by atoms with E-state index in [2.05, 4.69) is 13.8 Å². The molecule has 5 aliphatic rings. The summed E-state index contributed by atoms with van der Waals surface area (Å²) in [6.45, 7) is 4.22. The van der Waals surface area contributed by atoms with Crippen LogP contribution in [0, 0.1) is 34.5 Å². The molecular weight excluding hydrogens is 372 g/mol. The van der Waals surface area contributed by atoms with Crippen LogP contribution in [0.5, 0.6) is 0 Å². The number of carbonyl (C=O) groups excluding carboxylic acids is 2. The molecule has 2 N–H and O–H groups in total. The number of carboxylic acids is 1. The fraction of sp³-hybridized carbons (Fsp3) is 0.783. The summed E-state index contributed by atoms with van der Waals surface area (Å²) in [5, 5.41) is 21.6. The molecule has 3 unspecified atom stereocenters. The predicted molar refractivity (Wildman–Crippen MR) is 103 cm³/mol. The van der Waals surface area contributed by atoms with Gasteiger partial charge in [0.1, 0.15) is 11.4 Å². The standard InChI is InChI=1S/C23H30O6/c1-21-6-3-13(24)9-12(21)10-14(20(27)28)18-15-4-7-23(8-5-17(26)29-23)22(15,2)11-16(25)19(18)21/h10,14-16,18-19,25H,3-9,11H2,1-2H3,(H,27,28)/t14-,15?,16-,18?,19?,21+,22+,23-/m1/s1. The summed E-state index contributed by atoms with van der Waals surface area (Å²) < 4.78 is 5.89. The molecule has 29 heavy (non-hydrogen) atoms. The highest BCUT2D eigenvalue weighted by atomic mass is 16.6. The number of carbonyl (C=O) groups is 3. The molecule has 0 aromatic rings. The monoisotopic (exact) mass is 402 g/mol. The second-order valence-corrected chi connectivity index (χ2v) is 10.6. The zero-order valence-electron chi connectivity index (χ0n) is 17.1. The number of carboxylic acid groups (broad SMARTS) is 1. The van der Waals surface area contributed by atoms with Gasteiger partial charge in [0.05, 0.1) is 12.0 Å². The van der Waals surface area contributed by atoms with Crippen molar-refractivity contribution in [1.82, 2.24) is 0 Å². The van der Waals surface area contributed by atoms with E-state index >= 15 is 0 Å². The van der Waals surface area contributed by atoms with E-state index < -0.39 is 29.0 Å². The molecule has 6 nitrogen and oxygen atoms in total. The van der Waals surface area contributed by atoms with Crippen LogP contribution < -0.4 is 0 Å². The molecule has 0 radical (unpaired) electrons. The van der Waals surface area contributed by atoms with Crippen molar-refractivity contribution in [3.8, 4) is 0 Å². The third-order valence-electron chi connectivity index (χ3n) is 9.55. The van der Waals surface area contributed by atoms with E-state index in [1.807, 2.05) is 6.08 Å². The van der Waals surface area contributed by atoms with Crippen LogP contribution in [0.2, 0.25) is 0 Å². The third kappa shape index (κ3) is 2.35. The molecular formula is C23H30O6. The van der Waals surface area contributed by atoms with Crippen molar-refractivity contribution in [3.05, 3.63) is 11.6 Å². The Hall–Kier alpha value is -1.69. The van der Waals surface area contributed by atoms with Crippen LogP contribution in [0.15, 0.2) is 11.6 Å². The second-order valence-electron chi connectivity index (χ2n) is 10.6. The van der Waals surface area contributed by atoms with Crippen LogP contribution >= 0.6 is 0 Å². The van der Waals surface area contributed by atoms with E-state index in [4.69, 9.17) is 4.74 Å². The Morgan fingerprint density at radius 2 is 1.93 bits per heavy atom. The molecule has 6 heteroatoms. The molecule has 0 amide bonds. The van der Waals surface area contributed by atoms with E-state index in [-0.39, 0.29) is 34.9 Å². The number of hydrogen-bond acceptors (Lipinski definition) is 5. The highest BCUT2D eigenvalue weighted by Crippen LogP contribution is 2.70. The first kappa shape index (κ1) is 19.3. The first-order valence-electron chi connectivity index (χ1n) is 11.0. The van der Waals surface area contributed by atoms with Gasteiger partial charge in [0, 0.05) is 24.7 Å².